The Morgan fingerprint density at radius 2 is 1.29 bits per heavy atom. The molecule has 0 saturated carbocycles. The van der Waals surface area contributed by atoms with Crippen molar-refractivity contribution in [1.29, 1.82) is 0 Å². The molecule has 2 aromatic rings. The largest absolute Gasteiger partial charge is 2.00 e. The van der Waals surface area contributed by atoms with Crippen molar-refractivity contribution in [1.82, 2.24) is 0 Å². The molecule has 0 amide bonds. The molecule has 0 bridgehead atoms. The van der Waals surface area contributed by atoms with Gasteiger partial charge in [0.2, 0.25) is 0 Å². The molecule has 0 unspecified atom stereocenters. The molecule has 0 aromatic heterocycles. The van der Waals surface area contributed by atoms with Gasteiger partial charge < -0.3 is 21.9 Å². The summed E-state index contributed by atoms with van der Waals surface area (Å²) in [5.74, 6) is 0. The van der Waals surface area contributed by atoms with Gasteiger partial charge >= 0.3 is 23.1 Å². The van der Waals surface area contributed by atoms with Gasteiger partial charge in [0.05, 0.1) is 0 Å². The van der Waals surface area contributed by atoms with E-state index in [1.165, 1.54) is 16.8 Å². The van der Waals surface area contributed by atoms with E-state index in [1.54, 1.807) is 0 Å². The van der Waals surface area contributed by atoms with E-state index < -0.39 is 0 Å². The first-order chi connectivity index (χ1) is 7.27. The van der Waals surface area contributed by atoms with Gasteiger partial charge in [-0.05, 0) is 17.7 Å². The number of nitrogens with zero attached hydrogens (tertiary/aromatic N) is 1. The van der Waals surface area contributed by atoms with E-state index in [1.807, 2.05) is 26.2 Å². The van der Waals surface area contributed by atoms with Gasteiger partial charge in [0, 0.05) is 19.8 Å². The molecule has 0 atom stereocenters. The summed E-state index contributed by atoms with van der Waals surface area (Å²) in [5, 5.41) is 0. The Labute approximate surface area is 130 Å². The molecule has 0 heterocycles. The molecule has 0 N–H and O–H groups in total. The number of benzene rings is 2. The van der Waals surface area contributed by atoms with Crippen LogP contribution >= 0.6 is 0 Å². The summed E-state index contributed by atoms with van der Waals surface area (Å²) >= 11 is 0. The topological polar surface area (TPSA) is 3.24 Å². The Morgan fingerprint density at radius 1 is 0.824 bits per heavy atom. The minimum Gasteiger partial charge on any atom is -1.00 e. The number of anilines is 1. The normalized spacial score (nSPS) is 8.82. The van der Waals surface area contributed by atoms with Crippen molar-refractivity contribution in [3.63, 3.8) is 0 Å². The fourth-order valence-electron chi connectivity index (χ4n) is 1.53. The van der Waals surface area contributed by atoms with Crippen molar-refractivity contribution in [2.75, 3.05) is 19.0 Å². The van der Waals surface area contributed by atoms with Gasteiger partial charge in [0.15, 0.2) is 0 Å². The zero-order valence-electron chi connectivity index (χ0n) is 10.2. The fraction of sp³-hybridized carbons (Fsp3) is 0.143. The van der Waals surface area contributed by atoms with Crippen LogP contribution in [-0.4, -0.2) is 37.1 Å². The maximum atomic E-state index is 3.02. The molecule has 0 radical (unpaired) electrons. The second-order valence-corrected chi connectivity index (χ2v) is 3.73. The molecular weight excluding hydrogens is 286 g/mol. The summed E-state index contributed by atoms with van der Waals surface area (Å²) in [6, 6.07) is 19.6. The van der Waals surface area contributed by atoms with Gasteiger partial charge in [-0.15, -0.1) is 5.56 Å². The first-order valence-corrected chi connectivity index (χ1v) is 5.01. The fourth-order valence-corrected chi connectivity index (χ4v) is 1.53. The van der Waals surface area contributed by atoms with E-state index in [2.05, 4.69) is 47.4 Å². The van der Waals surface area contributed by atoms with Crippen molar-refractivity contribution < 1.29 is 17.0 Å². The van der Waals surface area contributed by atoms with E-state index in [0.717, 1.165) is 0 Å². The van der Waals surface area contributed by atoms with Gasteiger partial charge in [0.25, 0.3) is 0 Å². The standard InChI is InChI=1S/C14H14N.BrH.Mg/c1-15(2)14-10-8-13(9-11-14)12-6-4-3-5-7-12;;/h4-11H,1-2H3;1H;/q-1;;+2/p-1. The molecule has 0 aliphatic rings. The van der Waals surface area contributed by atoms with E-state index >= 15 is 0 Å². The van der Waals surface area contributed by atoms with Crippen molar-refractivity contribution in [3.8, 4) is 11.1 Å². The van der Waals surface area contributed by atoms with E-state index in [9.17, 15) is 0 Å². The Hall–Kier alpha value is -0.514. The first kappa shape index (κ1) is 16.5. The summed E-state index contributed by atoms with van der Waals surface area (Å²) in [4.78, 5) is 2.10. The first-order valence-electron chi connectivity index (χ1n) is 5.01. The second kappa shape index (κ2) is 7.74. The number of hydrogen-bond acceptors (Lipinski definition) is 1. The molecule has 1 nitrogen and oxygen atoms in total. The maximum Gasteiger partial charge on any atom is 2.00 e. The Morgan fingerprint density at radius 3 is 1.76 bits per heavy atom. The Balaban J connectivity index is 0.00000128. The third-order valence-electron chi connectivity index (χ3n) is 2.44. The molecule has 0 aliphatic heterocycles. The van der Waals surface area contributed by atoms with Crippen LogP contribution < -0.4 is 21.9 Å². The van der Waals surface area contributed by atoms with Crippen LogP contribution in [0.2, 0.25) is 0 Å². The molecular formula is C14H14BrMgN. The van der Waals surface area contributed by atoms with Crippen LogP contribution in [0.15, 0.2) is 48.5 Å². The van der Waals surface area contributed by atoms with Crippen LogP contribution in [0.3, 0.4) is 0 Å². The van der Waals surface area contributed by atoms with Gasteiger partial charge in [-0.1, -0.05) is 12.1 Å². The molecule has 2 rings (SSSR count). The Kier molecular flexibility index (Phi) is 7.51. The predicted molar refractivity (Wildman–Crippen MR) is 70.8 cm³/mol. The molecule has 0 aliphatic carbocycles. The van der Waals surface area contributed by atoms with Crippen molar-refractivity contribution >= 4 is 28.7 Å². The zero-order chi connectivity index (χ0) is 10.7. The van der Waals surface area contributed by atoms with Crippen LogP contribution in [0.1, 0.15) is 0 Å². The SMILES string of the molecule is CN(C)c1ccc(-c2cc[c-]cc2)cc1.[Br-].[Mg+2]. The van der Waals surface area contributed by atoms with Crippen LogP contribution in [0.25, 0.3) is 11.1 Å². The maximum absolute atomic E-state index is 3.02. The number of hydrogen-bond donors (Lipinski definition) is 0. The van der Waals surface area contributed by atoms with Crippen molar-refractivity contribution in [2.45, 2.75) is 0 Å². The molecule has 0 spiro atoms. The van der Waals surface area contributed by atoms with Crippen LogP contribution in [0, 0.1) is 6.07 Å². The summed E-state index contributed by atoms with van der Waals surface area (Å²) in [6.07, 6.45) is 0. The molecule has 0 saturated heterocycles. The van der Waals surface area contributed by atoms with Crippen molar-refractivity contribution in [2.24, 2.45) is 0 Å². The van der Waals surface area contributed by atoms with Gasteiger partial charge in [0.1, 0.15) is 0 Å². The third-order valence-corrected chi connectivity index (χ3v) is 2.44. The van der Waals surface area contributed by atoms with E-state index in [-0.39, 0.29) is 40.0 Å². The summed E-state index contributed by atoms with van der Waals surface area (Å²) in [5.41, 5.74) is 3.70. The molecule has 17 heavy (non-hydrogen) atoms. The quantitative estimate of drug-likeness (QED) is 0.550. The summed E-state index contributed by atoms with van der Waals surface area (Å²) in [7, 11) is 4.10. The van der Waals surface area contributed by atoms with Gasteiger partial charge in [-0.2, -0.15) is 30.3 Å². The van der Waals surface area contributed by atoms with Gasteiger partial charge in [-0.25, -0.2) is 0 Å². The smallest absolute Gasteiger partial charge is 1.00 e. The number of rotatable bonds is 2. The molecule has 0 fully saturated rings. The average molecular weight is 300 g/mol. The van der Waals surface area contributed by atoms with Crippen molar-refractivity contribution in [3.05, 3.63) is 54.6 Å². The molecule has 2 aromatic carbocycles. The minimum atomic E-state index is 0. The number of halogens is 1. The predicted octanol–water partition coefficient (Wildman–Crippen LogP) is -0.157. The summed E-state index contributed by atoms with van der Waals surface area (Å²) in [6.45, 7) is 0. The monoisotopic (exact) mass is 299 g/mol. The average Bonchev–Trinajstić information content (AvgIpc) is 2.30. The second-order valence-electron chi connectivity index (χ2n) is 3.73. The third kappa shape index (κ3) is 4.34. The minimum absolute atomic E-state index is 0. The van der Waals surface area contributed by atoms with Crippen LogP contribution in [-0.2, 0) is 0 Å². The van der Waals surface area contributed by atoms with E-state index in [4.69, 9.17) is 0 Å². The molecule has 84 valence electrons. The van der Waals surface area contributed by atoms with Gasteiger partial charge in [-0.3, -0.25) is 0 Å². The van der Waals surface area contributed by atoms with Crippen LogP contribution in [0.5, 0.6) is 0 Å². The Bertz CT molecular complexity index is 426. The zero-order valence-corrected chi connectivity index (χ0v) is 13.2. The van der Waals surface area contributed by atoms with E-state index in [0.29, 0.717) is 0 Å². The van der Waals surface area contributed by atoms with Crippen LogP contribution in [0.4, 0.5) is 5.69 Å². The molecule has 3 heteroatoms. The summed E-state index contributed by atoms with van der Waals surface area (Å²) < 4.78 is 0.